The minimum Gasteiger partial charge on any atom is -0.460 e. The van der Waals surface area contributed by atoms with Gasteiger partial charge in [-0.3, -0.25) is 28.5 Å². The number of para-hydroxylation sites is 1. The number of hydrogen-bond donors (Lipinski definition) is 2. The summed E-state index contributed by atoms with van der Waals surface area (Å²) >= 11 is 0. The molecule has 1 aliphatic heterocycles. The molecule has 16 nitrogen and oxygen atoms in total. The number of nitrogens with one attached hydrogen (secondary N) is 1. The van der Waals surface area contributed by atoms with Gasteiger partial charge in [-0.05, 0) is 36.8 Å². The zero-order chi connectivity index (χ0) is 35.2. The molecule has 4 aromatic rings. The third-order valence-electron chi connectivity index (χ3n) is 7.30. The van der Waals surface area contributed by atoms with Crippen molar-refractivity contribution >= 4 is 37.0 Å². The third kappa shape index (κ3) is 8.04. The number of carbonyl (C=O) groups excluding carboxylic acids is 3. The summed E-state index contributed by atoms with van der Waals surface area (Å²) in [5, 5.41) is 6.77. The van der Waals surface area contributed by atoms with Gasteiger partial charge in [0.15, 0.2) is 18.5 Å². The fraction of sp³-hybridized carbons (Fsp3) is 0.312. The molecule has 1 saturated heterocycles. The standard InChI is InChI=1S/C32H33N6O10P/c1-20(31(41)43-17-23-11-7-5-8-12-23)37-49(42,48-24-13-9-6-10-14-24)44-18-32(34-4)29(46-22(3)40)28(45-21(2)39)27(47-32)25-15-16-26-30(33)35-19-36-38(25)26/h5-16,19-20,27-29H,17-18H2,1-3H3,(H,37,42)(H2,33,35,36)/t20-,27-,28-,29-,32+,49?/m0/s1. The molecule has 0 radical (unpaired) electrons. The summed E-state index contributed by atoms with van der Waals surface area (Å²) < 4.78 is 50.0. The van der Waals surface area contributed by atoms with E-state index in [9.17, 15) is 18.9 Å². The van der Waals surface area contributed by atoms with Crippen molar-refractivity contribution in [3.8, 4) is 5.75 Å². The first kappa shape index (κ1) is 35.0. The van der Waals surface area contributed by atoms with Crippen LogP contribution >= 0.6 is 7.75 Å². The summed E-state index contributed by atoms with van der Waals surface area (Å²) in [5.74, 6) is -2.12. The van der Waals surface area contributed by atoms with E-state index < -0.39 is 62.3 Å². The van der Waals surface area contributed by atoms with Crippen LogP contribution in [0.5, 0.6) is 5.75 Å². The van der Waals surface area contributed by atoms with Crippen LogP contribution in [0.3, 0.4) is 0 Å². The number of esters is 3. The van der Waals surface area contributed by atoms with Crippen LogP contribution in [-0.2, 0) is 49.0 Å². The fourth-order valence-electron chi connectivity index (χ4n) is 5.11. The molecular weight excluding hydrogens is 659 g/mol. The van der Waals surface area contributed by atoms with Crippen molar-refractivity contribution < 1.29 is 46.9 Å². The van der Waals surface area contributed by atoms with Crippen LogP contribution in [-0.4, -0.2) is 63.1 Å². The molecule has 0 saturated carbocycles. The van der Waals surface area contributed by atoms with E-state index in [-0.39, 0.29) is 23.9 Å². The molecule has 49 heavy (non-hydrogen) atoms. The van der Waals surface area contributed by atoms with Gasteiger partial charge in [-0.25, -0.2) is 20.6 Å². The average molecular weight is 693 g/mol. The number of carbonyl (C=O) groups is 3. The molecule has 6 atom stereocenters. The van der Waals surface area contributed by atoms with Gasteiger partial charge in [-0.2, -0.15) is 10.2 Å². The molecule has 0 amide bonds. The minimum absolute atomic E-state index is 0.0426. The monoisotopic (exact) mass is 692 g/mol. The van der Waals surface area contributed by atoms with Crippen molar-refractivity contribution in [2.75, 3.05) is 12.3 Å². The van der Waals surface area contributed by atoms with E-state index in [2.05, 4.69) is 20.0 Å². The average Bonchev–Trinajstić information content (AvgIpc) is 3.63. The molecule has 0 aliphatic carbocycles. The number of aromatic nitrogens is 3. The van der Waals surface area contributed by atoms with Gasteiger partial charge in [-0.15, -0.1) is 0 Å². The molecule has 2 aromatic carbocycles. The van der Waals surface area contributed by atoms with Crippen molar-refractivity contribution in [1.29, 1.82) is 0 Å². The van der Waals surface area contributed by atoms with Gasteiger partial charge in [0, 0.05) is 13.8 Å². The molecule has 256 valence electrons. The normalized spacial score (nSPS) is 22.0. The summed E-state index contributed by atoms with van der Waals surface area (Å²) in [5.41, 5.74) is 5.15. The second-order valence-corrected chi connectivity index (χ2v) is 12.6. The van der Waals surface area contributed by atoms with Crippen LogP contribution in [0.1, 0.15) is 38.1 Å². The van der Waals surface area contributed by atoms with E-state index in [4.69, 9.17) is 40.3 Å². The molecule has 3 heterocycles. The number of nitrogen functional groups attached to an aromatic ring is 1. The van der Waals surface area contributed by atoms with Gasteiger partial charge in [0.05, 0.1) is 5.69 Å². The molecular formula is C32H33N6O10P. The predicted octanol–water partition coefficient (Wildman–Crippen LogP) is 3.79. The van der Waals surface area contributed by atoms with Gasteiger partial charge in [0.2, 0.25) is 6.10 Å². The maximum absolute atomic E-state index is 14.3. The molecule has 0 spiro atoms. The fourth-order valence-corrected chi connectivity index (χ4v) is 6.62. The van der Waals surface area contributed by atoms with Crippen molar-refractivity contribution in [2.45, 2.75) is 57.5 Å². The van der Waals surface area contributed by atoms with Gasteiger partial charge in [-0.1, -0.05) is 48.5 Å². The van der Waals surface area contributed by atoms with E-state index in [1.54, 1.807) is 54.6 Å². The van der Waals surface area contributed by atoms with Crippen LogP contribution < -0.4 is 15.3 Å². The molecule has 2 aromatic heterocycles. The predicted molar refractivity (Wildman–Crippen MR) is 171 cm³/mol. The number of nitrogens with zero attached hydrogens (tertiary/aromatic N) is 4. The highest BCUT2D eigenvalue weighted by molar-refractivity contribution is 7.52. The van der Waals surface area contributed by atoms with Crippen molar-refractivity contribution in [3.05, 3.63) is 102 Å². The zero-order valence-electron chi connectivity index (χ0n) is 26.6. The Kier molecular flexibility index (Phi) is 10.6. The maximum atomic E-state index is 14.3. The molecule has 1 unspecified atom stereocenters. The molecule has 17 heteroatoms. The Morgan fingerprint density at radius 3 is 2.39 bits per heavy atom. The zero-order valence-corrected chi connectivity index (χ0v) is 27.5. The number of fused-ring (bicyclic) bond motifs is 1. The third-order valence-corrected chi connectivity index (χ3v) is 8.92. The van der Waals surface area contributed by atoms with Crippen LogP contribution in [0.4, 0.5) is 5.82 Å². The van der Waals surface area contributed by atoms with Crippen LogP contribution in [0.2, 0.25) is 0 Å². The Hall–Kier alpha value is -5.33. The second kappa shape index (κ2) is 14.8. The highest BCUT2D eigenvalue weighted by Crippen LogP contribution is 2.50. The Morgan fingerprint density at radius 2 is 1.73 bits per heavy atom. The number of hydrogen-bond acceptors (Lipinski definition) is 13. The van der Waals surface area contributed by atoms with Gasteiger partial charge in [0.25, 0.3) is 0 Å². The Morgan fingerprint density at radius 1 is 1.06 bits per heavy atom. The highest BCUT2D eigenvalue weighted by atomic mass is 31.2. The molecule has 3 N–H and O–H groups in total. The van der Waals surface area contributed by atoms with Crippen molar-refractivity contribution in [1.82, 2.24) is 19.7 Å². The first-order chi connectivity index (χ1) is 23.4. The Bertz CT molecular complexity index is 1900. The number of rotatable bonds is 13. The smallest absolute Gasteiger partial charge is 0.459 e. The lowest BCUT2D eigenvalue weighted by Crippen LogP contribution is -2.48. The van der Waals surface area contributed by atoms with E-state index in [0.29, 0.717) is 5.52 Å². The lowest BCUT2D eigenvalue weighted by molar-refractivity contribution is -0.167. The van der Waals surface area contributed by atoms with Gasteiger partial charge in [0.1, 0.15) is 36.3 Å². The summed E-state index contributed by atoms with van der Waals surface area (Å²) in [7, 11) is -4.55. The quantitative estimate of drug-likeness (QED) is 0.0889. The summed E-state index contributed by atoms with van der Waals surface area (Å²) in [6, 6.07) is 18.9. The second-order valence-electron chi connectivity index (χ2n) is 10.9. The van der Waals surface area contributed by atoms with E-state index in [0.717, 1.165) is 19.4 Å². The molecule has 5 rings (SSSR count). The Labute approximate surface area is 280 Å². The van der Waals surface area contributed by atoms with Crippen LogP contribution in [0.15, 0.2) is 79.1 Å². The number of anilines is 1. The number of nitrogens with two attached hydrogens (primary N) is 1. The molecule has 0 bridgehead atoms. The summed E-state index contributed by atoms with van der Waals surface area (Å²) in [6.07, 6.45) is -3.06. The maximum Gasteiger partial charge on any atom is 0.459 e. The molecule has 1 fully saturated rings. The lowest BCUT2D eigenvalue weighted by atomic mass is 10.0. The van der Waals surface area contributed by atoms with Crippen LogP contribution in [0, 0.1) is 6.57 Å². The minimum atomic E-state index is -4.55. The van der Waals surface area contributed by atoms with Crippen molar-refractivity contribution in [2.24, 2.45) is 0 Å². The van der Waals surface area contributed by atoms with E-state index in [1.807, 2.05) is 6.07 Å². The Balaban J connectivity index is 1.46. The van der Waals surface area contributed by atoms with Gasteiger partial charge >= 0.3 is 31.4 Å². The largest absolute Gasteiger partial charge is 0.460 e. The summed E-state index contributed by atoms with van der Waals surface area (Å²) in [4.78, 5) is 45.2. The van der Waals surface area contributed by atoms with Crippen LogP contribution in [0.25, 0.3) is 10.4 Å². The van der Waals surface area contributed by atoms with E-state index >= 15 is 0 Å². The van der Waals surface area contributed by atoms with Crippen molar-refractivity contribution in [3.63, 3.8) is 0 Å². The van der Waals surface area contributed by atoms with Gasteiger partial charge < -0.3 is 24.5 Å². The SMILES string of the molecule is [C-]#[N+][C@]1(COP(=O)(N[C@@H](C)C(=O)OCc2ccccc2)Oc2ccccc2)O[C@@H](c2ccc3c(N)ncnn23)[C@H](OC(C)=O)[C@@H]1OC(C)=O. The first-order valence-electron chi connectivity index (χ1n) is 14.9. The lowest BCUT2D eigenvalue weighted by Gasteiger charge is -2.27. The highest BCUT2D eigenvalue weighted by Gasteiger charge is 2.67. The summed E-state index contributed by atoms with van der Waals surface area (Å²) in [6.45, 7) is 10.9. The number of benzene rings is 2. The number of ether oxygens (including phenoxy) is 4. The van der Waals surface area contributed by atoms with E-state index in [1.165, 1.54) is 29.9 Å². The first-order valence-corrected chi connectivity index (χ1v) is 16.4. The topological polar surface area (TPSA) is 196 Å². The molecule has 1 aliphatic rings.